The topological polar surface area (TPSA) is 148 Å². The molecule has 1 heterocycles. The van der Waals surface area contributed by atoms with Gasteiger partial charge in [0.2, 0.25) is 0 Å². The van der Waals surface area contributed by atoms with Gasteiger partial charge < -0.3 is 14.2 Å². The Morgan fingerprint density at radius 3 is 2.23 bits per heavy atom. The summed E-state index contributed by atoms with van der Waals surface area (Å²) in [4.78, 5) is 46.1. The van der Waals surface area contributed by atoms with E-state index in [9.17, 15) is 29.8 Å². The molecule has 2 fully saturated rings. The van der Waals surface area contributed by atoms with Gasteiger partial charge in [0.25, 0.3) is 11.4 Å². The smallest absolute Gasteiger partial charge is 0.339 e. The molecule has 0 N–H and O–H groups in total. The second kappa shape index (κ2) is 9.06. The molecule has 0 spiro atoms. The fraction of sp³-hybridized carbons (Fsp3) is 0.600. The standard InChI is InChI=1S/C20H24N2O9/c1-20(2)29-11-16(23)18(31-20)17(12-6-4-3-5-7-12)30-19(24)13-8-14(21(25)26)10-15(9-13)22(27)28/h8-10,12,17-18H,3-7,11H2,1-2H3/t17-,18+/m0/s1. The van der Waals surface area contributed by atoms with Crippen LogP contribution in [0.2, 0.25) is 0 Å². The Balaban J connectivity index is 1.92. The van der Waals surface area contributed by atoms with Gasteiger partial charge in [-0.3, -0.25) is 25.0 Å². The van der Waals surface area contributed by atoms with Crippen LogP contribution < -0.4 is 0 Å². The molecule has 11 heteroatoms. The van der Waals surface area contributed by atoms with E-state index < -0.39 is 45.2 Å². The van der Waals surface area contributed by atoms with Gasteiger partial charge >= 0.3 is 5.97 Å². The Labute approximate surface area is 177 Å². The van der Waals surface area contributed by atoms with Crippen molar-refractivity contribution in [1.29, 1.82) is 0 Å². The number of carbonyl (C=O) groups excluding carboxylic acids is 2. The number of nitrogens with zero attached hydrogens (tertiary/aromatic N) is 2. The molecule has 168 valence electrons. The Morgan fingerprint density at radius 1 is 1.10 bits per heavy atom. The highest BCUT2D eigenvalue weighted by Crippen LogP contribution is 2.34. The number of ketones is 1. The van der Waals surface area contributed by atoms with Crippen molar-refractivity contribution in [1.82, 2.24) is 0 Å². The van der Waals surface area contributed by atoms with E-state index in [-0.39, 0.29) is 23.9 Å². The quantitative estimate of drug-likeness (QED) is 0.372. The molecular formula is C20H24N2O9. The summed E-state index contributed by atoms with van der Waals surface area (Å²) in [5.41, 5.74) is -1.54. The molecule has 2 atom stereocenters. The van der Waals surface area contributed by atoms with Gasteiger partial charge in [0.1, 0.15) is 12.7 Å². The van der Waals surface area contributed by atoms with Gasteiger partial charge in [-0.15, -0.1) is 0 Å². The summed E-state index contributed by atoms with van der Waals surface area (Å²) in [5, 5.41) is 22.3. The molecule has 0 aromatic heterocycles. The van der Waals surface area contributed by atoms with E-state index in [0.29, 0.717) is 0 Å². The van der Waals surface area contributed by atoms with Crippen LogP contribution in [0.4, 0.5) is 11.4 Å². The summed E-state index contributed by atoms with van der Waals surface area (Å²) >= 11 is 0. The number of rotatable bonds is 6. The van der Waals surface area contributed by atoms with Crippen LogP contribution in [0.15, 0.2) is 18.2 Å². The first-order valence-electron chi connectivity index (χ1n) is 10.1. The number of esters is 1. The number of hydrogen-bond donors (Lipinski definition) is 0. The predicted molar refractivity (Wildman–Crippen MR) is 105 cm³/mol. The maximum absolute atomic E-state index is 12.9. The van der Waals surface area contributed by atoms with Gasteiger partial charge in [0.05, 0.1) is 21.5 Å². The predicted octanol–water partition coefficient (Wildman–Crippen LogP) is 3.33. The summed E-state index contributed by atoms with van der Waals surface area (Å²) in [6, 6.07) is 2.61. The molecule has 1 aliphatic heterocycles. The van der Waals surface area contributed by atoms with Crippen molar-refractivity contribution >= 4 is 23.1 Å². The highest BCUT2D eigenvalue weighted by atomic mass is 16.7. The molecule has 0 bridgehead atoms. The molecule has 0 unspecified atom stereocenters. The van der Waals surface area contributed by atoms with Crippen molar-refractivity contribution in [3.05, 3.63) is 44.0 Å². The summed E-state index contributed by atoms with van der Waals surface area (Å²) in [7, 11) is 0. The monoisotopic (exact) mass is 436 g/mol. The van der Waals surface area contributed by atoms with Crippen LogP contribution >= 0.6 is 0 Å². The second-order valence-electron chi connectivity index (χ2n) is 8.21. The lowest BCUT2D eigenvalue weighted by Gasteiger charge is -2.41. The van der Waals surface area contributed by atoms with Gasteiger partial charge in [0.15, 0.2) is 17.7 Å². The van der Waals surface area contributed by atoms with Crippen LogP contribution in [0, 0.1) is 26.1 Å². The number of Topliss-reactive ketones (excluding diaryl/α,β-unsaturated/α-hetero) is 1. The largest absolute Gasteiger partial charge is 0.455 e. The fourth-order valence-electron chi connectivity index (χ4n) is 3.97. The Morgan fingerprint density at radius 2 is 1.68 bits per heavy atom. The lowest BCUT2D eigenvalue weighted by Crippen LogP contribution is -2.54. The fourth-order valence-corrected chi connectivity index (χ4v) is 3.97. The van der Waals surface area contributed by atoms with Gasteiger partial charge in [-0.2, -0.15) is 0 Å². The third kappa shape index (κ3) is 5.42. The van der Waals surface area contributed by atoms with Gasteiger partial charge in [-0.1, -0.05) is 19.3 Å². The van der Waals surface area contributed by atoms with E-state index in [1.54, 1.807) is 13.8 Å². The highest BCUT2D eigenvalue weighted by molar-refractivity contribution is 5.92. The maximum atomic E-state index is 12.9. The minimum Gasteiger partial charge on any atom is -0.455 e. The van der Waals surface area contributed by atoms with Crippen LogP contribution in [0.3, 0.4) is 0 Å². The zero-order chi connectivity index (χ0) is 22.8. The summed E-state index contributed by atoms with van der Waals surface area (Å²) < 4.78 is 16.8. The van der Waals surface area contributed by atoms with E-state index in [0.717, 1.165) is 50.3 Å². The number of benzene rings is 1. The zero-order valence-corrected chi connectivity index (χ0v) is 17.3. The molecule has 0 amide bonds. The zero-order valence-electron chi connectivity index (χ0n) is 17.3. The molecule has 1 saturated heterocycles. The van der Waals surface area contributed by atoms with Crippen molar-refractivity contribution in [3.8, 4) is 0 Å². The molecule has 3 rings (SSSR count). The molecule has 1 aromatic carbocycles. The van der Waals surface area contributed by atoms with Crippen LogP contribution in [0.5, 0.6) is 0 Å². The van der Waals surface area contributed by atoms with E-state index in [4.69, 9.17) is 14.2 Å². The van der Waals surface area contributed by atoms with Crippen molar-refractivity contribution in [2.45, 2.75) is 63.9 Å². The minimum absolute atomic E-state index is 0.144. The van der Waals surface area contributed by atoms with Gasteiger partial charge in [0, 0.05) is 12.1 Å². The number of non-ortho nitro benzene ring substituents is 2. The highest BCUT2D eigenvalue weighted by Gasteiger charge is 2.45. The number of carbonyl (C=O) groups is 2. The van der Waals surface area contributed by atoms with Gasteiger partial charge in [-0.05, 0) is 32.6 Å². The molecule has 31 heavy (non-hydrogen) atoms. The minimum atomic E-state index is -1.05. The normalized spacial score (nSPS) is 22.5. The number of nitro benzene ring substituents is 2. The first-order valence-corrected chi connectivity index (χ1v) is 10.1. The van der Waals surface area contributed by atoms with Crippen LogP contribution in [-0.4, -0.2) is 46.2 Å². The van der Waals surface area contributed by atoms with E-state index in [1.165, 1.54) is 0 Å². The third-order valence-electron chi connectivity index (χ3n) is 5.51. The van der Waals surface area contributed by atoms with Crippen molar-refractivity contribution in [3.63, 3.8) is 0 Å². The first kappa shape index (κ1) is 22.8. The molecular weight excluding hydrogens is 412 g/mol. The summed E-state index contributed by atoms with van der Waals surface area (Å²) in [6.07, 6.45) is 2.31. The van der Waals surface area contributed by atoms with Crippen molar-refractivity contribution in [2.75, 3.05) is 6.61 Å². The first-order chi connectivity index (χ1) is 14.6. The Kier molecular flexibility index (Phi) is 6.65. The molecule has 1 saturated carbocycles. The van der Waals surface area contributed by atoms with Crippen LogP contribution in [-0.2, 0) is 19.0 Å². The van der Waals surface area contributed by atoms with E-state index >= 15 is 0 Å². The van der Waals surface area contributed by atoms with Gasteiger partial charge in [-0.25, -0.2) is 4.79 Å². The van der Waals surface area contributed by atoms with E-state index in [2.05, 4.69) is 0 Å². The average Bonchev–Trinajstić information content (AvgIpc) is 2.74. The van der Waals surface area contributed by atoms with E-state index in [1.807, 2.05) is 0 Å². The molecule has 2 aliphatic rings. The Hall–Kier alpha value is -2.92. The summed E-state index contributed by atoms with van der Waals surface area (Å²) in [5.74, 6) is -2.55. The lowest BCUT2D eigenvalue weighted by molar-refractivity contribution is -0.394. The molecule has 11 nitrogen and oxygen atoms in total. The summed E-state index contributed by atoms with van der Waals surface area (Å²) in [6.45, 7) is 3.10. The van der Waals surface area contributed by atoms with Crippen LogP contribution in [0.25, 0.3) is 0 Å². The van der Waals surface area contributed by atoms with Crippen LogP contribution in [0.1, 0.15) is 56.3 Å². The molecule has 1 aromatic rings. The molecule has 0 radical (unpaired) electrons. The molecule has 1 aliphatic carbocycles. The second-order valence-corrected chi connectivity index (χ2v) is 8.21. The van der Waals surface area contributed by atoms with Crippen molar-refractivity contribution < 1.29 is 33.6 Å². The number of nitro groups is 2. The lowest BCUT2D eigenvalue weighted by atomic mass is 9.82. The third-order valence-corrected chi connectivity index (χ3v) is 5.51. The number of hydrogen-bond acceptors (Lipinski definition) is 9. The average molecular weight is 436 g/mol. The Bertz CT molecular complexity index is 860. The van der Waals surface area contributed by atoms with Crippen molar-refractivity contribution in [2.24, 2.45) is 5.92 Å². The number of ether oxygens (including phenoxy) is 3. The SMILES string of the molecule is CC1(C)OCC(=O)[C@H]([C@@H](OC(=O)c2cc([N+](=O)[O-])cc([N+](=O)[O-])c2)C2CCCCC2)O1. The maximum Gasteiger partial charge on any atom is 0.339 e.